The van der Waals surface area contributed by atoms with Gasteiger partial charge in [0.15, 0.2) is 5.82 Å². The van der Waals surface area contributed by atoms with Gasteiger partial charge in [0.2, 0.25) is 0 Å². The minimum atomic E-state index is -0.409. The van der Waals surface area contributed by atoms with Gasteiger partial charge in [-0.1, -0.05) is 6.07 Å². The molecule has 3 rings (SSSR count). The Hall–Kier alpha value is -2.27. The zero-order valence-corrected chi connectivity index (χ0v) is 12.2. The molecule has 0 aliphatic rings. The van der Waals surface area contributed by atoms with Crippen LogP contribution in [0.5, 0.6) is 0 Å². The van der Waals surface area contributed by atoms with E-state index in [9.17, 15) is 4.39 Å². The molecule has 1 aromatic heterocycles. The van der Waals surface area contributed by atoms with Gasteiger partial charge in [-0.3, -0.25) is 4.98 Å². The van der Waals surface area contributed by atoms with Crippen molar-refractivity contribution in [2.45, 2.75) is 4.90 Å². The molecule has 3 aromatic rings. The second kappa shape index (κ2) is 5.61. The smallest absolute Gasteiger partial charge is 0.150 e. The third-order valence-corrected chi connectivity index (χ3v) is 3.94. The average molecular weight is 299 g/mol. The summed E-state index contributed by atoms with van der Waals surface area (Å²) in [7, 11) is 0. The molecule has 0 bridgehead atoms. The first-order valence-corrected chi connectivity index (χ1v) is 7.65. The number of nitrogens with two attached hydrogens (primary N) is 1. The number of anilines is 3. The van der Waals surface area contributed by atoms with Crippen LogP contribution in [-0.4, -0.2) is 11.2 Å². The lowest BCUT2D eigenvalue weighted by Crippen LogP contribution is -1.99. The summed E-state index contributed by atoms with van der Waals surface area (Å²) >= 11 is 1.63. The molecule has 0 aliphatic heterocycles. The summed E-state index contributed by atoms with van der Waals surface area (Å²) in [6, 6.07) is 12.7. The quantitative estimate of drug-likeness (QED) is 0.555. The number of hydrogen-bond donors (Lipinski definition) is 2. The van der Waals surface area contributed by atoms with E-state index in [0.29, 0.717) is 16.9 Å². The molecule has 0 spiro atoms. The first-order chi connectivity index (χ1) is 10.2. The van der Waals surface area contributed by atoms with E-state index >= 15 is 0 Å². The summed E-state index contributed by atoms with van der Waals surface area (Å²) in [6.45, 7) is 0. The van der Waals surface area contributed by atoms with Crippen molar-refractivity contribution < 1.29 is 4.39 Å². The van der Waals surface area contributed by atoms with Gasteiger partial charge in [0.1, 0.15) is 5.69 Å². The van der Waals surface area contributed by atoms with Gasteiger partial charge in [-0.15, -0.1) is 11.8 Å². The van der Waals surface area contributed by atoms with Gasteiger partial charge >= 0.3 is 0 Å². The summed E-state index contributed by atoms with van der Waals surface area (Å²) in [5, 5.41) is 3.85. The highest BCUT2D eigenvalue weighted by Gasteiger charge is 2.12. The summed E-state index contributed by atoms with van der Waals surface area (Å²) in [5.74, 6) is -0.409. The number of rotatable bonds is 3. The van der Waals surface area contributed by atoms with E-state index in [1.807, 2.05) is 36.6 Å². The highest BCUT2D eigenvalue weighted by molar-refractivity contribution is 7.98. The number of nitrogens with one attached hydrogen (secondary N) is 1. The Morgan fingerprint density at radius 3 is 2.86 bits per heavy atom. The van der Waals surface area contributed by atoms with Crippen LogP contribution in [0.4, 0.5) is 21.5 Å². The van der Waals surface area contributed by atoms with E-state index in [4.69, 9.17) is 5.73 Å². The van der Waals surface area contributed by atoms with Gasteiger partial charge < -0.3 is 11.1 Å². The Balaban J connectivity index is 2.11. The number of benzene rings is 2. The molecular formula is C16H14FN3S. The number of thioether (sulfide) groups is 1. The van der Waals surface area contributed by atoms with Crippen LogP contribution in [0.15, 0.2) is 53.6 Å². The van der Waals surface area contributed by atoms with Gasteiger partial charge in [-0.05, 0) is 42.7 Å². The molecule has 5 heteroatoms. The van der Waals surface area contributed by atoms with Crippen LogP contribution < -0.4 is 11.1 Å². The summed E-state index contributed by atoms with van der Waals surface area (Å²) < 4.78 is 14.3. The monoisotopic (exact) mass is 299 g/mol. The predicted molar refractivity (Wildman–Crippen MR) is 87.6 cm³/mol. The van der Waals surface area contributed by atoms with E-state index in [1.165, 1.54) is 6.07 Å². The highest BCUT2D eigenvalue weighted by atomic mass is 32.2. The molecule has 0 saturated carbocycles. The maximum atomic E-state index is 14.3. The van der Waals surface area contributed by atoms with E-state index in [-0.39, 0.29) is 0 Å². The molecule has 3 nitrogen and oxygen atoms in total. The Bertz CT molecular complexity index is 805. The van der Waals surface area contributed by atoms with Gasteiger partial charge in [-0.2, -0.15) is 0 Å². The van der Waals surface area contributed by atoms with Gasteiger partial charge in [0, 0.05) is 27.9 Å². The van der Waals surface area contributed by atoms with Gasteiger partial charge in [0.05, 0.1) is 5.52 Å². The van der Waals surface area contributed by atoms with Crippen molar-refractivity contribution in [1.82, 2.24) is 4.98 Å². The maximum Gasteiger partial charge on any atom is 0.150 e. The number of nitrogen functional groups attached to an aromatic ring is 1. The lowest BCUT2D eigenvalue weighted by Gasteiger charge is -2.12. The summed E-state index contributed by atoms with van der Waals surface area (Å²) in [4.78, 5) is 5.36. The van der Waals surface area contributed by atoms with Crippen molar-refractivity contribution in [1.29, 1.82) is 0 Å². The van der Waals surface area contributed by atoms with Crippen LogP contribution in [0.2, 0.25) is 0 Å². The Morgan fingerprint density at radius 1 is 1.19 bits per heavy atom. The standard InChI is InChI=1S/C16H14FN3S/c1-21-11-5-2-4-10(8-11)20-16-13(17)9-14(18)12-6-3-7-19-15(12)16/h2-9,20H,18H2,1H3. The molecule has 0 aliphatic carbocycles. The lowest BCUT2D eigenvalue weighted by molar-refractivity contribution is 0.634. The van der Waals surface area contributed by atoms with Crippen LogP contribution in [0.3, 0.4) is 0 Å². The minimum absolute atomic E-state index is 0.345. The fourth-order valence-corrected chi connectivity index (χ4v) is 2.66. The molecule has 0 unspecified atom stereocenters. The van der Waals surface area contributed by atoms with Gasteiger partial charge in [-0.25, -0.2) is 4.39 Å². The topological polar surface area (TPSA) is 50.9 Å². The fourth-order valence-electron chi connectivity index (χ4n) is 2.20. The number of halogens is 1. The first-order valence-electron chi connectivity index (χ1n) is 6.43. The fraction of sp³-hybridized carbons (Fsp3) is 0.0625. The molecule has 0 atom stereocenters. The minimum Gasteiger partial charge on any atom is -0.398 e. The van der Waals surface area contributed by atoms with E-state index < -0.39 is 5.82 Å². The van der Waals surface area contributed by atoms with Crippen LogP contribution in [-0.2, 0) is 0 Å². The molecule has 21 heavy (non-hydrogen) atoms. The molecular weight excluding hydrogens is 285 g/mol. The van der Waals surface area contributed by atoms with Crippen molar-refractivity contribution in [2.75, 3.05) is 17.3 Å². The Labute approximate surface area is 126 Å². The van der Waals surface area contributed by atoms with Gasteiger partial charge in [0.25, 0.3) is 0 Å². The second-order valence-corrected chi connectivity index (χ2v) is 5.46. The van der Waals surface area contributed by atoms with E-state index in [0.717, 1.165) is 16.0 Å². The third-order valence-electron chi connectivity index (χ3n) is 3.22. The van der Waals surface area contributed by atoms with Crippen LogP contribution in [0.1, 0.15) is 0 Å². The highest BCUT2D eigenvalue weighted by Crippen LogP contribution is 2.32. The molecule has 0 radical (unpaired) electrons. The van der Waals surface area contributed by atoms with Crippen molar-refractivity contribution >= 4 is 39.7 Å². The average Bonchev–Trinajstić information content (AvgIpc) is 2.51. The molecule has 1 heterocycles. The number of pyridine rings is 1. The number of nitrogens with zero attached hydrogens (tertiary/aromatic N) is 1. The van der Waals surface area contributed by atoms with Crippen LogP contribution >= 0.6 is 11.8 Å². The second-order valence-electron chi connectivity index (χ2n) is 4.58. The van der Waals surface area contributed by atoms with Crippen molar-refractivity contribution in [2.24, 2.45) is 0 Å². The molecule has 106 valence electrons. The third kappa shape index (κ3) is 2.64. The van der Waals surface area contributed by atoms with Crippen LogP contribution in [0, 0.1) is 5.82 Å². The molecule has 0 fully saturated rings. The molecule has 0 amide bonds. The van der Waals surface area contributed by atoms with Crippen molar-refractivity contribution in [3.05, 3.63) is 54.5 Å². The van der Waals surface area contributed by atoms with E-state index in [1.54, 1.807) is 24.0 Å². The Kier molecular flexibility index (Phi) is 3.66. The Morgan fingerprint density at radius 2 is 2.05 bits per heavy atom. The van der Waals surface area contributed by atoms with Crippen molar-refractivity contribution in [3.8, 4) is 0 Å². The molecule has 0 saturated heterocycles. The number of hydrogen-bond acceptors (Lipinski definition) is 4. The zero-order chi connectivity index (χ0) is 14.8. The normalized spacial score (nSPS) is 10.8. The molecule has 3 N–H and O–H groups in total. The first kappa shape index (κ1) is 13.7. The zero-order valence-electron chi connectivity index (χ0n) is 11.4. The summed E-state index contributed by atoms with van der Waals surface area (Å²) in [5.41, 5.74) is 7.94. The molecule has 2 aromatic carbocycles. The van der Waals surface area contributed by atoms with Crippen molar-refractivity contribution in [3.63, 3.8) is 0 Å². The number of aromatic nitrogens is 1. The number of fused-ring (bicyclic) bond motifs is 1. The van der Waals surface area contributed by atoms with E-state index in [2.05, 4.69) is 10.3 Å². The summed E-state index contributed by atoms with van der Waals surface area (Å²) in [6.07, 6.45) is 3.63. The largest absolute Gasteiger partial charge is 0.398 e. The predicted octanol–water partition coefficient (Wildman–Crippen LogP) is 4.42. The lowest BCUT2D eigenvalue weighted by atomic mass is 10.1. The maximum absolute atomic E-state index is 14.3. The SMILES string of the molecule is CSc1cccc(Nc2c(F)cc(N)c3cccnc23)c1. The van der Waals surface area contributed by atoms with Crippen LogP contribution in [0.25, 0.3) is 10.9 Å².